The molecule has 0 atom stereocenters. The minimum atomic E-state index is 0.610. The molecule has 1 heterocycles. The largest absolute Gasteiger partial charge is 0.486 e. The lowest BCUT2D eigenvalue weighted by Gasteiger charge is -2.19. The molecule has 0 saturated carbocycles. The average Bonchev–Trinajstić information content (AvgIpc) is 2.47. The van der Waals surface area contributed by atoms with Crippen LogP contribution in [0.3, 0.4) is 0 Å². The Labute approximate surface area is 129 Å². The van der Waals surface area contributed by atoms with Crippen LogP contribution in [0.1, 0.15) is 5.56 Å². The fourth-order valence-corrected chi connectivity index (χ4v) is 3.59. The van der Waals surface area contributed by atoms with Crippen LogP contribution in [-0.2, 0) is 5.33 Å². The highest BCUT2D eigenvalue weighted by atomic mass is 79.9. The first-order valence-electron chi connectivity index (χ1n) is 6.03. The summed E-state index contributed by atoms with van der Waals surface area (Å²) < 4.78 is 12.3. The van der Waals surface area contributed by atoms with Gasteiger partial charge in [-0.2, -0.15) is 0 Å². The zero-order chi connectivity index (χ0) is 13.2. The molecule has 2 aromatic carbocycles. The maximum atomic E-state index is 5.63. The second-order valence-corrected chi connectivity index (χ2v) is 5.62. The number of halogens is 2. The quantitative estimate of drug-likeness (QED) is 0.694. The van der Waals surface area contributed by atoms with Crippen LogP contribution in [0, 0.1) is 0 Å². The first-order valence-corrected chi connectivity index (χ1v) is 7.94. The van der Waals surface area contributed by atoms with Crippen molar-refractivity contribution in [3.05, 3.63) is 46.4 Å². The van der Waals surface area contributed by atoms with Gasteiger partial charge in [0.1, 0.15) is 13.2 Å². The molecule has 2 nitrogen and oxygen atoms in total. The van der Waals surface area contributed by atoms with Gasteiger partial charge in [-0.1, -0.05) is 40.2 Å². The molecule has 1 aliphatic heterocycles. The summed E-state index contributed by atoms with van der Waals surface area (Å²) in [7, 11) is 0. The second kappa shape index (κ2) is 5.55. The van der Waals surface area contributed by atoms with Gasteiger partial charge in [0.2, 0.25) is 0 Å². The Morgan fingerprint density at radius 1 is 1.00 bits per heavy atom. The van der Waals surface area contributed by atoms with Gasteiger partial charge in [-0.3, -0.25) is 0 Å². The van der Waals surface area contributed by atoms with E-state index in [2.05, 4.69) is 56.1 Å². The molecule has 0 bridgehead atoms. The smallest absolute Gasteiger partial charge is 0.161 e. The molecule has 0 unspecified atom stereocenters. The molecule has 0 amide bonds. The summed E-state index contributed by atoms with van der Waals surface area (Å²) in [5, 5.41) is 0.825. The zero-order valence-electron chi connectivity index (χ0n) is 10.2. The van der Waals surface area contributed by atoms with Gasteiger partial charge in [-0.15, -0.1) is 0 Å². The lowest BCUT2D eigenvalue weighted by Crippen LogP contribution is -2.15. The predicted molar refractivity (Wildman–Crippen MR) is 83.2 cm³/mol. The van der Waals surface area contributed by atoms with Crippen LogP contribution in [0.2, 0.25) is 0 Å². The van der Waals surface area contributed by atoms with Crippen LogP contribution in [0.25, 0.3) is 11.1 Å². The maximum absolute atomic E-state index is 5.63. The van der Waals surface area contributed by atoms with Gasteiger partial charge in [0, 0.05) is 9.80 Å². The van der Waals surface area contributed by atoms with Gasteiger partial charge in [0.25, 0.3) is 0 Å². The van der Waals surface area contributed by atoms with Gasteiger partial charge >= 0.3 is 0 Å². The average molecular weight is 384 g/mol. The van der Waals surface area contributed by atoms with Gasteiger partial charge in [0.15, 0.2) is 11.5 Å². The molecule has 0 fully saturated rings. The highest BCUT2D eigenvalue weighted by molar-refractivity contribution is 9.11. The first kappa shape index (κ1) is 13.0. The molecule has 3 rings (SSSR count). The molecule has 2 aromatic rings. The summed E-state index contributed by atoms with van der Waals surface area (Å²) in [6, 6.07) is 12.3. The normalized spacial score (nSPS) is 13.4. The highest BCUT2D eigenvalue weighted by Gasteiger charge is 2.14. The molecule has 19 heavy (non-hydrogen) atoms. The third kappa shape index (κ3) is 2.51. The van der Waals surface area contributed by atoms with E-state index in [0.717, 1.165) is 32.4 Å². The summed E-state index contributed by atoms with van der Waals surface area (Å²) in [4.78, 5) is 0. The van der Waals surface area contributed by atoms with E-state index >= 15 is 0 Å². The van der Waals surface area contributed by atoms with Crippen molar-refractivity contribution in [1.82, 2.24) is 0 Å². The van der Waals surface area contributed by atoms with E-state index in [1.54, 1.807) is 0 Å². The summed E-state index contributed by atoms with van der Waals surface area (Å²) in [6.07, 6.45) is 0. The molecule has 98 valence electrons. The van der Waals surface area contributed by atoms with Crippen molar-refractivity contribution in [2.75, 3.05) is 13.2 Å². The van der Waals surface area contributed by atoms with Crippen molar-refractivity contribution in [2.24, 2.45) is 0 Å². The van der Waals surface area contributed by atoms with E-state index in [9.17, 15) is 0 Å². The molecular formula is C15H12Br2O2. The van der Waals surface area contributed by atoms with Crippen molar-refractivity contribution < 1.29 is 9.47 Å². The molecule has 0 radical (unpaired) electrons. The van der Waals surface area contributed by atoms with Gasteiger partial charge in [-0.25, -0.2) is 0 Å². The summed E-state index contributed by atoms with van der Waals surface area (Å²) in [5.74, 6) is 1.64. The van der Waals surface area contributed by atoms with Crippen LogP contribution < -0.4 is 9.47 Å². The molecular weight excluding hydrogens is 372 g/mol. The standard InChI is InChI=1S/C15H12Br2O2/c16-9-11-2-1-3-12(15(11)17)10-4-5-13-14(8-10)19-7-6-18-13/h1-5,8H,6-7,9H2. The summed E-state index contributed by atoms with van der Waals surface area (Å²) in [5.41, 5.74) is 3.51. The van der Waals surface area contributed by atoms with E-state index in [1.807, 2.05) is 12.1 Å². The zero-order valence-corrected chi connectivity index (χ0v) is 13.3. The molecule has 1 aliphatic rings. The highest BCUT2D eigenvalue weighted by Crippen LogP contribution is 2.38. The summed E-state index contributed by atoms with van der Waals surface area (Å²) >= 11 is 7.17. The number of hydrogen-bond donors (Lipinski definition) is 0. The minimum Gasteiger partial charge on any atom is -0.486 e. The molecule has 0 aromatic heterocycles. The number of ether oxygens (including phenoxy) is 2. The van der Waals surface area contributed by atoms with Crippen molar-refractivity contribution in [1.29, 1.82) is 0 Å². The number of fused-ring (bicyclic) bond motifs is 1. The monoisotopic (exact) mass is 382 g/mol. The van der Waals surface area contributed by atoms with Crippen molar-refractivity contribution >= 4 is 31.9 Å². The maximum Gasteiger partial charge on any atom is 0.161 e. The second-order valence-electron chi connectivity index (χ2n) is 4.27. The number of benzene rings is 2. The van der Waals surface area contributed by atoms with Crippen LogP contribution >= 0.6 is 31.9 Å². The van der Waals surface area contributed by atoms with Crippen molar-refractivity contribution in [3.63, 3.8) is 0 Å². The van der Waals surface area contributed by atoms with E-state index in [-0.39, 0.29) is 0 Å². The fraction of sp³-hybridized carbons (Fsp3) is 0.200. The van der Waals surface area contributed by atoms with E-state index in [4.69, 9.17) is 9.47 Å². The van der Waals surface area contributed by atoms with Crippen LogP contribution in [0.15, 0.2) is 40.9 Å². The fourth-order valence-electron chi connectivity index (χ4n) is 2.12. The molecule has 4 heteroatoms. The summed E-state index contributed by atoms with van der Waals surface area (Å²) in [6.45, 7) is 1.23. The number of hydrogen-bond acceptors (Lipinski definition) is 2. The molecule has 0 spiro atoms. The minimum absolute atomic E-state index is 0.610. The Morgan fingerprint density at radius 2 is 1.79 bits per heavy atom. The van der Waals surface area contributed by atoms with Gasteiger partial charge in [-0.05, 0) is 44.8 Å². The van der Waals surface area contributed by atoms with E-state index < -0.39 is 0 Å². The first-order chi connectivity index (χ1) is 9.29. The van der Waals surface area contributed by atoms with Crippen LogP contribution in [0.4, 0.5) is 0 Å². The van der Waals surface area contributed by atoms with E-state index in [1.165, 1.54) is 5.56 Å². The number of rotatable bonds is 2. The third-order valence-corrected chi connectivity index (χ3v) is 4.62. The van der Waals surface area contributed by atoms with Crippen molar-refractivity contribution in [3.8, 4) is 22.6 Å². The molecule has 0 aliphatic carbocycles. The lowest BCUT2D eigenvalue weighted by atomic mass is 10.0. The molecule has 0 saturated heterocycles. The Morgan fingerprint density at radius 3 is 2.58 bits per heavy atom. The lowest BCUT2D eigenvalue weighted by molar-refractivity contribution is 0.171. The van der Waals surface area contributed by atoms with E-state index in [0.29, 0.717) is 13.2 Å². The third-order valence-electron chi connectivity index (χ3n) is 3.08. The Bertz CT molecular complexity index is 611. The predicted octanol–water partition coefficient (Wildman–Crippen LogP) is 4.78. The number of alkyl halides is 1. The SMILES string of the molecule is BrCc1cccc(-c2ccc3c(c2)OCCO3)c1Br. The Hall–Kier alpha value is -1.00. The molecule has 0 N–H and O–H groups in total. The van der Waals surface area contributed by atoms with Crippen LogP contribution in [0.5, 0.6) is 11.5 Å². The Balaban J connectivity index is 2.07. The topological polar surface area (TPSA) is 18.5 Å². The van der Waals surface area contributed by atoms with Crippen LogP contribution in [-0.4, -0.2) is 13.2 Å². The van der Waals surface area contributed by atoms with Crippen molar-refractivity contribution in [2.45, 2.75) is 5.33 Å². The Kier molecular flexibility index (Phi) is 3.80. The van der Waals surface area contributed by atoms with Gasteiger partial charge in [0.05, 0.1) is 0 Å². The van der Waals surface area contributed by atoms with Gasteiger partial charge < -0.3 is 9.47 Å².